The van der Waals surface area contributed by atoms with E-state index in [0.29, 0.717) is 12.2 Å². The van der Waals surface area contributed by atoms with E-state index in [4.69, 9.17) is 5.73 Å². The number of hydrogen-bond acceptors (Lipinski definition) is 4. The number of benzene rings is 1. The normalized spacial score (nSPS) is 16.8. The number of hydrogen-bond donors (Lipinski definition) is 1. The molecule has 1 fully saturated rings. The van der Waals surface area contributed by atoms with Gasteiger partial charge in [0.05, 0.1) is 16.3 Å². The number of amides is 1. The zero-order chi connectivity index (χ0) is 17.9. The number of likely N-dealkylation sites (tertiary alicyclic amines) is 1. The first kappa shape index (κ1) is 19.6. The number of nitrogens with zero attached hydrogens (tertiary/aromatic N) is 3. The second kappa shape index (κ2) is 8.69. The highest BCUT2D eigenvalue weighted by molar-refractivity contribution is 7.13. The smallest absolute Gasteiger partial charge is 0.274 e. The lowest BCUT2D eigenvalue weighted by atomic mass is 10.0. The Kier molecular flexibility index (Phi) is 6.31. The monoisotopic (exact) mass is 402 g/mol. The number of aromatic nitrogens is 2. The number of carbonyl (C=O) groups is 1. The predicted octanol–water partition coefficient (Wildman–Crippen LogP) is 3.98. The molecule has 0 saturated carbocycles. The quantitative estimate of drug-likeness (QED) is 0.717. The van der Waals surface area contributed by atoms with Crippen molar-refractivity contribution in [1.29, 1.82) is 0 Å². The molecule has 3 heterocycles. The number of rotatable bonds is 4. The van der Waals surface area contributed by atoms with Crippen molar-refractivity contribution >= 4 is 29.7 Å². The average Bonchev–Trinajstić information content (AvgIpc) is 3.37. The van der Waals surface area contributed by atoms with E-state index in [1.54, 1.807) is 11.3 Å². The lowest BCUT2D eigenvalue weighted by molar-refractivity contribution is 0.0617. The molecule has 5 nitrogen and oxygen atoms in total. The van der Waals surface area contributed by atoms with Gasteiger partial charge in [-0.3, -0.25) is 4.79 Å². The summed E-state index contributed by atoms with van der Waals surface area (Å²) in [6.07, 6.45) is 3.13. The van der Waals surface area contributed by atoms with Crippen LogP contribution < -0.4 is 5.73 Å². The Labute approximate surface area is 169 Å². The maximum absolute atomic E-state index is 13.1. The first-order valence-electron chi connectivity index (χ1n) is 8.98. The molecule has 3 aromatic rings. The maximum Gasteiger partial charge on any atom is 0.274 e. The molecule has 142 valence electrons. The van der Waals surface area contributed by atoms with Gasteiger partial charge in [-0.15, -0.1) is 23.7 Å². The second-order valence-corrected chi connectivity index (χ2v) is 7.47. The molecular weight excluding hydrogens is 380 g/mol. The van der Waals surface area contributed by atoms with E-state index >= 15 is 0 Å². The van der Waals surface area contributed by atoms with Crippen LogP contribution in [0.25, 0.3) is 16.3 Å². The number of thiophene rings is 1. The summed E-state index contributed by atoms with van der Waals surface area (Å²) in [5.41, 5.74) is 8.27. The molecule has 1 amide bonds. The Morgan fingerprint density at radius 2 is 2.00 bits per heavy atom. The Morgan fingerprint density at radius 3 is 2.70 bits per heavy atom. The van der Waals surface area contributed by atoms with Crippen molar-refractivity contribution in [2.45, 2.75) is 25.3 Å². The van der Waals surface area contributed by atoms with Gasteiger partial charge in [-0.25, -0.2) is 4.68 Å². The summed E-state index contributed by atoms with van der Waals surface area (Å²) in [6, 6.07) is 16.0. The molecule has 0 spiro atoms. The van der Waals surface area contributed by atoms with Crippen LogP contribution in [0.1, 0.15) is 29.8 Å². The summed E-state index contributed by atoms with van der Waals surface area (Å²) in [5.74, 6) is -0.0207. The number of para-hydroxylation sites is 1. The molecule has 1 aliphatic rings. The van der Waals surface area contributed by atoms with Gasteiger partial charge in [0, 0.05) is 19.1 Å². The van der Waals surface area contributed by atoms with Crippen LogP contribution in [0, 0.1) is 0 Å². The van der Waals surface area contributed by atoms with Crippen molar-refractivity contribution in [3.63, 3.8) is 0 Å². The fourth-order valence-corrected chi connectivity index (χ4v) is 4.24. The first-order chi connectivity index (χ1) is 12.8. The standard InChI is InChI=1S/C20H22N4OS.ClH/c21-14-16-9-4-5-11-23(16)20(25)17-13-18(19-10-6-12-26-19)24(22-17)15-7-2-1-3-8-15;/h1-3,6-8,10,12-13,16H,4-5,9,11,14,21H2;1H. The van der Waals surface area contributed by atoms with Crippen LogP contribution >= 0.6 is 23.7 Å². The molecule has 0 radical (unpaired) electrons. The fraction of sp³-hybridized carbons (Fsp3) is 0.300. The number of nitrogens with two attached hydrogens (primary N) is 1. The minimum Gasteiger partial charge on any atom is -0.333 e. The van der Waals surface area contributed by atoms with E-state index in [1.807, 2.05) is 57.4 Å². The third-order valence-electron chi connectivity index (χ3n) is 4.86. The molecule has 0 aliphatic carbocycles. The summed E-state index contributed by atoms with van der Waals surface area (Å²) in [6.45, 7) is 1.26. The number of piperidine rings is 1. The van der Waals surface area contributed by atoms with Gasteiger partial charge in [-0.2, -0.15) is 5.10 Å². The van der Waals surface area contributed by atoms with Crippen LogP contribution in [0.15, 0.2) is 53.9 Å². The lowest BCUT2D eigenvalue weighted by Crippen LogP contribution is -2.47. The molecule has 4 rings (SSSR count). The van der Waals surface area contributed by atoms with E-state index in [9.17, 15) is 4.79 Å². The molecule has 0 bridgehead atoms. The van der Waals surface area contributed by atoms with E-state index in [1.165, 1.54) is 0 Å². The molecule has 1 aromatic carbocycles. The van der Waals surface area contributed by atoms with Gasteiger partial charge in [-0.05, 0) is 48.9 Å². The SMILES string of the molecule is Cl.NCC1CCCCN1C(=O)c1cc(-c2cccs2)n(-c2ccccc2)n1. The predicted molar refractivity (Wildman–Crippen MR) is 112 cm³/mol. The average molecular weight is 403 g/mol. The van der Waals surface area contributed by atoms with Crippen LogP contribution in [0.4, 0.5) is 0 Å². The van der Waals surface area contributed by atoms with E-state index < -0.39 is 0 Å². The van der Waals surface area contributed by atoms with Crippen molar-refractivity contribution in [2.75, 3.05) is 13.1 Å². The van der Waals surface area contributed by atoms with Crippen LogP contribution in [-0.2, 0) is 0 Å². The van der Waals surface area contributed by atoms with Crippen molar-refractivity contribution in [3.8, 4) is 16.3 Å². The molecule has 2 aromatic heterocycles. The van der Waals surface area contributed by atoms with Crippen LogP contribution in [-0.4, -0.2) is 39.7 Å². The topological polar surface area (TPSA) is 64.2 Å². The third kappa shape index (κ3) is 3.93. The second-order valence-electron chi connectivity index (χ2n) is 6.52. The highest BCUT2D eigenvalue weighted by Gasteiger charge is 2.29. The minimum absolute atomic E-state index is 0. The van der Waals surface area contributed by atoms with Crippen molar-refractivity contribution in [3.05, 3.63) is 59.6 Å². The van der Waals surface area contributed by atoms with E-state index in [0.717, 1.165) is 42.1 Å². The van der Waals surface area contributed by atoms with Crippen molar-refractivity contribution in [1.82, 2.24) is 14.7 Å². The molecule has 1 atom stereocenters. The molecule has 7 heteroatoms. The Balaban J connectivity index is 0.00000210. The highest BCUT2D eigenvalue weighted by Crippen LogP contribution is 2.29. The molecule has 27 heavy (non-hydrogen) atoms. The Bertz CT molecular complexity index is 879. The first-order valence-corrected chi connectivity index (χ1v) is 9.86. The van der Waals surface area contributed by atoms with Crippen LogP contribution in [0.2, 0.25) is 0 Å². The maximum atomic E-state index is 13.1. The van der Waals surface area contributed by atoms with E-state index in [-0.39, 0.29) is 24.4 Å². The van der Waals surface area contributed by atoms with Gasteiger partial charge in [0.25, 0.3) is 5.91 Å². The summed E-state index contributed by atoms with van der Waals surface area (Å²) >= 11 is 1.64. The molecule has 1 saturated heterocycles. The van der Waals surface area contributed by atoms with Gasteiger partial charge in [0.2, 0.25) is 0 Å². The van der Waals surface area contributed by atoms with Gasteiger partial charge in [-0.1, -0.05) is 24.3 Å². The Hall–Kier alpha value is -2.15. The van der Waals surface area contributed by atoms with Crippen LogP contribution in [0.5, 0.6) is 0 Å². The molecular formula is C20H23ClN4OS. The lowest BCUT2D eigenvalue weighted by Gasteiger charge is -2.34. The van der Waals surface area contributed by atoms with Gasteiger partial charge in [0.15, 0.2) is 5.69 Å². The highest BCUT2D eigenvalue weighted by atomic mass is 35.5. The number of carbonyl (C=O) groups excluding carboxylic acids is 1. The van der Waals surface area contributed by atoms with Crippen LogP contribution in [0.3, 0.4) is 0 Å². The largest absolute Gasteiger partial charge is 0.333 e. The summed E-state index contributed by atoms with van der Waals surface area (Å²) in [5, 5.41) is 6.71. The molecule has 2 N–H and O–H groups in total. The van der Waals surface area contributed by atoms with E-state index in [2.05, 4.69) is 11.2 Å². The van der Waals surface area contributed by atoms with Gasteiger partial charge < -0.3 is 10.6 Å². The van der Waals surface area contributed by atoms with Crippen molar-refractivity contribution in [2.24, 2.45) is 5.73 Å². The Morgan fingerprint density at radius 1 is 1.19 bits per heavy atom. The minimum atomic E-state index is -0.0207. The summed E-state index contributed by atoms with van der Waals surface area (Å²) in [7, 11) is 0. The van der Waals surface area contributed by atoms with Gasteiger partial charge in [0.1, 0.15) is 0 Å². The number of halogens is 1. The summed E-state index contributed by atoms with van der Waals surface area (Å²) < 4.78 is 1.86. The van der Waals surface area contributed by atoms with Crippen molar-refractivity contribution < 1.29 is 4.79 Å². The third-order valence-corrected chi connectivity index (χ3v) is 5.76. The molecule has 1 aliphatic heterocycles. The zero-order valence-electron chi connectivity index (χ0n) is 15.0. The summed E-state index contributed by atoms with van der Waals surface area (Å²) in [4.78, 5) is 16.1. The van der Waals surface area contributed by atoms with Gasteiger partial charge >= 0.3 is 0 Å². The zero-order valence-corrected chi connectivity index (χ0v) is 16.6. The molecule has 1 unspecified atom stereocenters. The fourth-order valence-electron chi connectivity index (χ4n) is 3.51.